The summed E-state index contributed by atoms with van der Waals surface area (Å²) in [6.07, 6.45) is 16.9. The van der Waals surface area contributed by atoms with Crippen molar-refractivity contribution in [3.63, 3.8) is 0 Å². The zero-order chi connectivity index (χ0) is 17.2. The Morgan fingerprint density at radius 2 is 1.44 bits per heavy atom. The molecular formula is C22H37ClN2. The minimum atomic E-state index is 0. The highest BCUT2D eigenvalue weighted by atomic mass is 35.5. The molecule has 1 aromatic carbocycles. The van der Waals surface area contributed by atoms with Crippen LogP contribution in [0.4, 0.5) is 0 Å². The summed E-state index contributed by atoms with van der Waals surface area (Å²) in [5.41, 5.74) is 7.70. The first-order valence-corrected chi connectivity index (χ1v) is 10.1. The molecule has 0 aliphatic heterocycles. The molecule has 0 bridgehead atoms. The van der Waals surface area contributed by atoms with Crippen LogP contribution in [0.5, 0.6) is 0 Å². The third-order valence-electron chi connectivity index (χ3n) is 5.78. The Labute approximate surface area is 160 Å². The highest BCUT2D eigenvalue weighted by Gasteiger charge is 2.20. The molecule has 0 saturated heterocycles. The van der Waals surface area contributed by atoms with E-state index in [1.807, 2.05) is 12.1 Å². The van der Waals surface area contributed by atoms with E-state index in [9.17, 15) is 0 Å². The zero-order valence-electron chi connectivity index (χ0n) is 15.9. The van der Waals surface area contributed by atoms with Gasteiger partial charge in [-0.3, -0.25) is 5.41 Å². The van der Waals surface area contributed by atoms with E-state index in [4.69, 9.17) is 11.1 Å². The summed E-state index contributed by atoms with van der Waals surface area (Å²) in [4.78, 5) is 0. The summed E-state index contributed by atoms with van der Waals surface area (Å²) in [5.74, 6) is 2.19. The number of rotatable bonds is 10. The SMILES string of the molecule is CCCCC[C@H]1CC[C@H](CCCCc2ccc(C(=N)N)cc2)CC1.Cl. The Bertz CT molecular complexity index is 475. The van der Waals surface area contributed by atoms with Crippen LogP contribution in [0.25, 0.3) is 0 Å². The van der Waals surface area contributed by atoms with Crippen LogP contribution in [0.15, 0.2) is 24.3 Å². The lowest BCUT2D eigenvalue weighted by molar-refractivity contribution is 0.245. The molecule has 1 aromatic rings. The second-order valence-electron chi connectivity index (χ2n) is 7.74. The van der Waals surface area contributed by atoms with Crippen molar-refractivity contribution >= 4 is 18.2 Å². The summed E-state index contributed by atoms with van der Waals surface area (Å²) in [5, 5.41) is 7.43. The van der Waals surface area contributed by atoms with Gasteiger partial charge in [0.1, 0.15) is 5.84 Å². The molecule has 3 heteroatoms. The average molecular weight is 365 g/mol. The van der Waals surface area contributed by atoms with Crippen LogP contribution in [0, 0.1) is 17.2 Å². The van der Waals surface area contributed by atoms with Gasteiger partial charge in [0.15, 0.2) is 0 Å². The second-order valence-corrected chi connectivity index (χ2v) is 7.74. The molecule has 0 radical (unpaired) electrons. The summed E-state index contributed by atoms with van der Waals surface area (Å²) in [7, 11) is 0. The van der Waals surface area contributed by atoms with E-state index in [2.05, 4.69) is 19.1 Å². The van der Waals surface area contributed by atoms with Crippen LogP contribution in [0.3, 0.4) is 0 Å². The number of unbranched alkanes of at least 4 members (excludes halogenated alkanes) is 3. The molecule has 2 rings (SSSR count). The van der Waals surface area contributed by atoms with Crippen molar-refractivity contribution in [2.45, 2.75) is 84.0 Å². The van der Waals surface area contributed by atoms with Gasteiger partial charge in [0.25, 0.3) is 0 Å². The highest BCUT2D eigenvalue weighted by Crippen LogP contribution is 2.34. The normalized spacial score (nSPS) is 20.0. The summed E-state index contributed by atoms with van der Waals surface area (Å²) < 4.78 is 0. The molecular weight excluding hydrogens is 328 g/mol. The first-order valence-electron chi connectivity index (χ1n) is 10.1. The number of nitrogens with two attached hydrogens (primary N) is 1. The van der Waals surface area contributed by atoms with E-state index in [1.54, 1.807) is 0 Å². The van der Waals surface area contributed by atoms with Gasteiger partial charge < -0.3 is 5.73 Å². The molecule has 0 amide bonds. The molecule has 1 saturated carbocycles. The zero-order valence-corrected chi connectivity index (χ0v) is 16.8. The molecule has 0 spiro atoms. The molecule has 2 nitrogen and oxygen atoms in total. The van der Waals surface area contributed by atoms with Gasteiger partial charge >= 0.3 is 0 Å². The lowest BCUT2D eigenvalue weighted by Gasteiger charge is -2.28. The molecule has 3 N–H and O–H groups in total. The monoisotopic (exact) mass is 364 g/mol. The van der Waals surface area contributed by atoms with Crippen molar-refractivity contribution in [2.24, 2.45) is 17.6 Å². The number of nitrogens with one attached hydrogen (secondary N) is 1. The first kappa shape index (κ1) is 22.0. The van der Waals surface area contributed by atoms with Crippen LogP contribution in [0.2, 0.25) is 0 Å². The maximum absolute atomic E-state index is 7.43. The molecule has 1 fully saturated rings. The fourth-order valence-electron chi connectivity index (χ4n) is 4.10. The molecule has 142 valence electrons. The van der Waals surface area contributed by atoms with Gasteiger partial charge in [0.2, 0.25) is 0 Å². The molecule has 25 heavy (non-hydrogen) atoms. The number of halogens is 1. The van der Waals surface area contributed by atoms with Crippen LogP contribution in [0.1, 0.15) is 88.7 Å². The third-order valence-corrected chi connectivity index (χ3v) is 5.78. The second kappa shape index (κ2) is 12.4. The van der Waals surface area contributed by atoms with E-state index in [1.165, 1.54) is 76.2 Å². The largest absolute Gasteiger partial charge is 0.384 e. The fourth-order valence-corrected chi connectivity index (χ4v) is 4.10. The quantitative estimate of drug-likeness (QED) is 0.278. The predicted molar refractivity (Wildman–Crippen MR) is 112 cm³/mol. The lowest BCUT2D eigenvalue weighted by Crippen LogP contribution is -2.14. The summed E-state index contributed by atoms with van der Waals surface area (Å²) >= 11 is 0. The van der Waals surface area contributed by atoms with Gasteiger partial charge in [0.05, 0.1) is 0 Å². The Balaban J connectivity index is 0.00000312. The van der Waals surface area contributed by atoms with Crippen LogP contribution >= 0.6 is 12.4 Å². The number of hydrogen-bond donors (Lipinski definition) is 2. The number of benzene rings is 1. The van der Waals surface area contributed by atoms with Crippen molar-refractivity contribution < 1.29 is 0 Å². The summed E-state index contributed by atoms with van der Waals surface area (Å²) in [6.45, 7) is 2.30. The molecule has 0 unspecified atom stereocenters. The highest BCUT2D eigenvalue weighted by molar-refractivity contribution is 5.94. The Morgan fingerprint density at radius 3 is 1.92 bits per heavy atom. The van der Waals surface area contributed by atoms with Gasteiger partial charge in [-0.2, -0.15) is 0 Å². The van der Waals surface area contributed by atoms with Gasteiger partial charge in [-0.05, 0) is 30.2 Å². The van der Waals surface area contributed by atoms with Crippen molar-refractivity contribution in [3.05, 3.63) is 35.4 Å². The van der Waals surface area contributed by atoms with Crippen molar-refractivity contribution in [3.8, 4) is 0 Å². The third kappa shape index (κ3) is 8.27. The van der Waals surface area contributed by atoms with Gasteiger partial charge in [-0.15, -0.1) is 12.4 Å². The minimum Gasteiger partial charge on any atom is -0.384 e. The van der Waals surface area contributed by atoms with Gasteiger partial charge in [-0.1, -0.05) is 95.4 Å². The van der Waals surface area contributed by atoms with Crippen LogP contribution in [-0.4, -0.2) is 5.84 Å². The maximum atomic E-state index is 7.43. The standard InChI is InChI=1S/C22H36N2.ClH/c1-2-3-4-7-18-10-12-19(13-11-18)8-5-6-9-20-14-16-21(17-15-20)22(23)24;/h14-19H,2-13H2,1H3,(H3,23,24);1H/t18-,19-;. The Kier molecular flexibility index (Phi) is 10.9. The lowest BCUT2D eigenvalue weighted by atomic mass is 9.78. The van der Waals surface area contributed by atoms with E-state index in [-0.39, 0.29) is 18.2 Å². The average Bonchev–Trinajstić information content (AvgIpc) is 2.60. The van der Waals surface area contributed by atoms with Crippen LogP contribution in [-0.2, 0) is 6.42 Å². The molecule has 0 atom stereocenters. The Morgan fingerprint density at radius 1 is 0.920 bits per heavy atom. The van der Waals surface area contributed by atoms with Gasteiger partial charge in [0, 0.05) is 5.56 Å². The number of hydrogen-bond acceptors (Lipinski definition) is 1. The number of amidine groups is 1. The topological polar surface area (TPSA) is 49.9 Å². The number of aryl methyl sites for hydroxylation is 1. The van der Waals surface area contributed by atoms with E-state index < -0.39 is 0 Å². The maximum Gasteiger partial charge on any atom is 0.122 e. The van der Waals surface area contributed by atoms with E-state index in [0.29, 0.717) is 0 Å². The Hall–Kier alpha value is -1.02. The smallest absolute Gasteiger partial charge is 0.122 e. The van der Waals surface area contributed by atoms with E-state index in [0.717, 1.165) is 23.8 Å². The van der Waals surface area contributed by atoms with Crippen LogP contribution < -0.4 is 5.73 Å². The van der Waals surface area contributed by atoms with E-state index >= 15 is 0 Å². The summed E-state index contributed by atoms with van der Waals surface area (Å²) in [6, 6.07) is 8.19. The van der Waals surface area contributed by atoms with Crippen molar-refractivity contribution in [1.82, 2.24) is 0 Å². The molecule has 0 aromatic heterocycles. The first-order chi connectivity index (χ1) is 11.7. The molecule has 1 aliphatic carbocycles. The molecule has 0 heterocycles. The number of nitrogen functional groups attached to an aromatic ring is 1. The van der Waals surface area contributed by atoms with Crippen molar-refractivity contribution in [2.75, 3.05) is 0 Å². The molecule has 1 aliphatic rings. The predicted octanol–water partition coefficient (Wildman–Crippen LogP) is 6.49. The fraction of sp³-hybridized carbons (Fsp3) is 0.682. The van der Waals surface area contributed by atoms with Crippen molar-refractivity contribution in [1.29, 1.82) is 5.41 Å². The van der Waals surface area contributed by atoms with Gasteiger partial charge in [-0.25, -0.2) is 0 Å². The minimum absolute atomic E-state index is 0.